The first-order chi connectivity index (χ1) is 13.5. The number of carbonyl (C=O) groups excluding carboxylic acids is 4. The fourth-order valence-electron chi connectivity index (χ4n) is 3.10. The highest BCUT2D eigenvalue weighted by Crippen LogP contribution is 2.23. The Morgan fingerprint density at radius 3 is 2.54 bits per heavy atom. The van der Waals surface area contributed by atoms with Gasteiger partial charge in [0.05, 0.1) is 11.3 Å². The Balaban J connectivity index is 1.86. The van der Waals surface area contributed by atoms with Gasteiger partial charge < -0.3 is 10.1 Å². The number of nitrogens with one attached hydrogen (secondary N) is 1. The first-order valence-corrected chi connectivity index (χ1v) is 9.85. The molecule has 1 atom stereocenters. The lowest BCUT2D eigenvalue weighted by atomic mass is 9.99. The van der Waals surface area contributed by atoms with E-state index in [-0.39, 0.29) is 42.7 Å². The Kier molecular flexibility index (Phi) is 8.17. The van der Waals surface area contributed by atoms with Gasteiger partial charge in [0, 0.05) is 19.4 Å². The van der Waals surface area contributed by atoms with Crippen molar-refractivity contribution in [3.63, 3.8) is 0 Å². The van der Waals surface area contributed by atoms with E-state index in [1.54, 1.807) is 12.1 Å². The number of ether oxygens (including phenoxy) is 1. The zero-order valence-electron chi connectivity index (χ0n) is 16.5. The lowest BCUT2D eigenvalue weighted by molar-refractivity contribution is -0.124. The van der Waals surface area contributed by atoms with Crippen LogP contribution in [0.1, 0.15) is 62.7 Å². The summed E-state index contributed by atoms with van der Waals surface area (Å²) in [7, 11) is 0. The third-order valence-corrected chi connectivity index (χ3v) is 4.86. The normalized spacial score (nSPS) is 14.9. The second-order valence-electron chi connectivity index (χ2n) is 6.97. The van der Waals surface area contributed by atoms with Gasteiger partial charge in [-0.25, -0.2) is 4.79 Å². The van der Waals surface area contributed by atoms with E-state index in [0.29, 0.717) is 18.2 Å². The molecule has 152 valence electrons. The van der Waals surface area contributed by atoms with Crippen molar-refractivity contribution in [3.05, 3.63) is 29.8 Å². The Hall–Kier alpha value is -2.70. The molecule has 1 aromatic carbocycles. The van der Waals surface area contributed by atoms with Gasteiger partial charge >= 0.3 is 5.97 Å². The Morgan fingerprint density at radius 2 is 1.89 bits per heavy atom. The number of anilines is 1. The molecule has 28 heavy (non-hydrogen) atoms. The summed E-state index contributed by atoms with van der Waals surface area (Å²) in [4.78, 5) is 48.9. The molecular formula is C21H28N2O5. The van der Waals surface area contributed by atoms with Gasteiger partial charge in [-0.3, -0.25) is 19.3 Å². The van der Waals surface area contributed by atoms with Gasteiger partial charge in [0.1, 0.15) is 0 Å². The van der Waals surface area contributed by atoms with Crippen LogP contribution in [-0.2, 0) is 19.1 Å². The van der Waals surface area contributed by atoms with Crippen LogP contribution < -0.4 is 10.2 Å². The molecule has 3 amide bonds. The highest BCUT2D eigenvalue weighted by Gasteiger charge is 2.30. The molecule has 1 aromatic rings. The van der Waals surface area contributed by atoms with E-state index in [0.717, 1.165) is 30.6 Å². The number of imide groups is 1. The molecule has 0 spiro atoms. The van der Waals surface area contributed by atoms with Crippen LogP contribution in [-0.4, -0.2) is 36.8 Å². The number of benzene rings is 1. The highest BCUT2D eigenvalue weighted by molar-refractivity contribution is 6.20. The summed E-state index contributed by atoms with van der Waals surface area (Å²) in [5, 5.41) is 2.80. The van der Waals surface area contributed by atoms with Crippen molar-refractivity contribution in [1.29, 1.82) is 0 Å². The number of hydrogen-bond acceptors (Lipinski definition) is 5. The summed E-state index contributed by atoms with van der Waals surface area (Å²) in [5.41, 5.74) is 0.528. The minimum Gasteiger partial charge on any atom is -0.452 e. The monoisotopic (exact) mass is 388 g/mol. The average molecular weight is 388 g/mol. The summed E-state index contributed by atoms with van der Waals surface area (Å²) >= 11 is 0. The number of carbonyl (C=O) groups is 4. The van der Waals surface area contributed by atoms with Gasteiger partial charge in [0.2, 0.25) is 11.8 Å². The van der Waals surface area contributed by atoms with E-state index in [9.17, 15) is 19.2 Å². The van der Waals surface area contributed by atoms with Crippen molar-refractivity contribution >= 4 is 29.4 Å². The van der Waals surface area contributed by atoms with Crippen LogP contribution in [0.2, 0.25) is 0 Å². The predicted octanol–water partition coefficient (Wildman–Crippen LogP) is 2.83. The Bertz CT molecular complexity index is 715. The number of amides is 3. The zero-order valence-corrected chi connectivity index (χ0v) is 16.5. The first kappa shape index (κ1) is 21.6. The maximum Gasteiger partial charge on any atom is 0.338 e. The van der Waals surface area contributed by atoms with Crippen LogP contribution in [0.4, 0.5) is 5.69 Å². The smallest absolute Gasteiger partial charge is 0.338 e. The fourth-order valence-corrected chi connectivity index (χ4v) is 3.10. The van der Waals surface area contributed by atoms with E-state index in [2.05, 4.69) is 19.2 Å². The predicted molar refractivity (Wildman–Crippen MR) is 105 cm³/mol. The molecule has 0 unspecified atom stereocenters. The molecule has 0 aliphatic carbocycles. The summed E-state index contributed by atoms with van der Waals surface area (Å²) in [6.45, 7) is 4.43. The number of hydrogen-bond donors (Lipinski definition) is 1. The summed E-state index contributed by atoms with van der Waals surface area (Å²) in [5.74, 6) is -1.17. The van der Waals surface area contributed by atoms with E-state index in [1.807, 2.05) is 0 Å². The van der Waals surface area contributed by atoms with Gasteiger partial charge in [0.25, 0.3) is 5.91 Å². The summed E-state index contributed by atoms with van der Waals surface area (Å²) in [6, 6.07) is 6.11. The molecule has 1 aliphatic heterocycles. The fraction of sp³-hybridized carbons (Fsp3) is 0.524. The topological polar surface area (TPSA) is 92.8 Å². The molecule has 7 nitrogen and oxygen atoms in total. The van der Waals surface area contributed by atoms with Crippen LogP contribution >= 0.6 is 0 Å². The van der Waals surface area contributed by atoms with Gasteiger partial charge in [-0.15, -0.1) is 0 Å². The van der Waals surface area contributed by atoms with Crippen LogP contribution in [0.15, 0.2) is 24.3 Å². The number of unbranched alkanes of at least 4 members (excludes halogenated alkanes) is 1. The van der Waals surface area contributed by atoms with E-state index < -0.39 is 5.97 Å². The van der Waals surface area contributed by atoms with Crippen LogP contribution in [0.3, 0.4) is 0 Å². The van der Waals surface area contributed by atoms with Crippen LogP contribution in [0, 0.1) is 5.92 Å². The lowest BCUT2D eigenvalue weighted by Crippen LogP contribution is -2.33. The highest BCUT2D eigenvalue weighted by atomic mass is 16.5. The minimum absolute atomic E-state index is 0.171. The van der Waals surface area contributed by atoms with E-state index in [1.165, 1.54) is 12.1 Å². The van der Waals surface area contributed by atoms with Crippen LogP contribution in [0.25, 0.3) is 0 Å². The van der Waals surface area contributed by atoms with Gasteiger partial charge in [-0.1, -0.05) is 39.2 Å². The van der Waals surface area contributed by atoms with Gasteiger partial charge in [-0.05, 0) is 30.5 Å². The van der Waals surface area contributed by atoms with E-state index in [4.69, 9.17) is 4.74 Å². The third kappa shape index (κ3) is 5.90. The molecule has 0 aromatic heterocycles. The van der Waals surface area contributed by atoms with E-state index >= 15 is 0 Å². The standard InChI is InChI=1S/C21H28N2O5/c1-3-5-7-15(4-2)13-22-18(24)14-28-21(27)16-8-6-9-17(12-16)23-19(25)10-11-20(23)26/h6,8-9,12,15H,3-5,7,10-11,13-14H2,1-2H3,(H,22,24)/t15-/m0/s1. The molecule has 0 radical (unpaired) electrons. The summed E-state index contributed by atoms with van der Waals surface area (Å²) in [6.07, 6.45) is 4.64. The van der Waals surface area contributed by atoms with Crippen molar-refractivity contribution in [3.8, 4) is 0 Å². The zero-order chi connectivity index (χ0) is 20.5. The molecule has 1 saturated heterocycles. The maximum absolute atomic E-state index is 12.2. The Morgan fingerprint density at radius 1 is 1.18 bits per heavy atom. The van der Waals surface area contributed by atoms with Crippen molar-refractivity contribution in [2.75, 3.05) is 18.1 Å². The van der Waals surface area contributed by atoms with Gasteiger partial charge in [0.15, 0.2) is 6.61 Å². The maximum atomic E-state index is 12.2. The van der Waals surface area contributed by atoms with Crippen molar-refractivity contribution in [1.82, 2.24) is 5.32 Å². The number of rotatable bonds is 10. The number of nitrogens with zero attached hydrogens (tertiary/aromatic N) is 1. The molecule has 1 N–H and O–H groups in total. The minimum atomic E-state index is -0.672. The van der Waals surface area contributed by atoms with Gasteiger partial charge in [-0.2, -0.15) is 0 Å². The second-order valence-corrected chi connectivity index (χ2v) is 6.97. The summed E-state index contributed by atoms with van der Waals surface area (Å²) < 4.78 is 5.07. The van der Waals surface area contributed by atoms with Crippen molar-refractivity contribution < 1.29 is 23.9 Å². The second kappa shape index (κ2) is 10.6. The SMILES string of the molecule is CCCC[C@H](CC)CNC(=O)COC(=O)c1cccc(N2C(=O)CCC2=O)c1. The average Bonchev–Trinajstić information content (AvgIpc) is 3.04. The molecule has 0 saturated carbocycles. The largest absolute Gasteiger partial charge is 0.452 e. The molecular weight excluding hydrogens is 360 g/mol. The molecule has 7 heteroatoms. The molecule has 1 heterocycles. The first-order valence-electron chi connectivity index (χ1n) is 9.85. The third-order valence-electron chi connectivity index (χ3n) is 4.86. The molecule has 1 aliphatic rings. The number of esters is 1. The molecule has 1 fully saturated rings. The molecule has 2 rings (SSSR count). The Labute approximate surface area is 165 Å². The van der Waals surface area contributed by atoms with Crippen molar-refractivity contribution in [2.24, 2.45) is 5.92 Å². The van der Waals surface area contributed by atoms with Crippen LogP contribution in [0.5, 0.6) is 0 Å². The quantitative estimate of drug-likeness (QED) is 0.491. The van der Waals surface area contributed by atoms with Crippen molar-refractivity contribution in [2.45, 2.75) is 52.4 Å². The molecule has 0 bridgehead atoms. The lowest BCUT2D eigenvalue weighted by Gasteiger charge is -2.16.